The summed E-state index contributed by atoms with van der Waals surface area (Å²) in [5.41, 5.74) is 3.64. The Kier molecular flexibility index (Phi) is 4.40. The van der Waals surface area contributed by atoms with Gasteiger partial charge in [-0.1, -0.05) is 59.7 Å². The van der Waals surface area contributed by atoms with Crippen LogP contribution in [0.25, 0.3) is 5.70 Å². The number of rotatable bonds is 3. The van der Waals surface area contributed by atoms with Gasteiger partial charge >= 0.3 is 0 Å². The molecule has 24 heavy (non-hydrogen) atoms. The fraction of sp³-hybridized carbons (Fsp3) is 0.100. The Labute approximate surface area is 143 Å². The van der Waals surface area contributed by atoms with Crippen molar-refractivity contribution >= 4 is 15.7 Å². The lowest BCUT2D eigenvalue weighted by Crippen LogP contribution is -2.24. The molecule has 2 aromatic carbocycles. The first-order valence-electron chi connectivity index (χ1n) is 7.72. The molecule has 0 radical (unpaired) electrons. The summed E-state index contributed by atoms with van der Waals surface area (Å²) in [5.74, 6) is 0. The Morgan fingerprint density at radius 2 is 1.33 bits per heavy atom. The van der Waals surface area contributed by atoms with E-state index in [1.54, 1.807) is 24.4 Å². The lowest BCUT2D eigenvalue weighted by Gasteiger charge is -2.23. The standard InChI is InChI=1S/C20H19NO2S/c1-16-7-11-18(12-8-16)20-6-4-3-5-15-21(20)24(22,23)19-13-9-17(2)10-14-19/h3-15H,1-2H3. The van der Waals surface area contributed by atoms with Crippen molar-refractivity contribution in [3.63, 3.8) is 0 Å². The Morgan fingerprint density at radius 1 is 0.750 bits per heavy atom. The topological polar surface area (TPSA) is 37.4 Å². The van der Waals surface area contributed by atoms with Crippen LogP contribution in [0.3, 0.4) is 0 Å². The van der Waals surface area contributed by atoms with Gasteiger partial charge in [-0.05, 0) is 43.7 Å². The summed E-state index contributed by atoms with van der Waals surface area (Å²) in [4.78, 5) is 0.276. The van der Waals surface area contributed by atoms with Gasteiger partial charge in [-0.25, -0.2) is 12.7 Å². The third-order valence-corrected chi connectivity index (χ3v) is 5.56. The van der Waals surface area contributed by atoms with Crippen molar-refractivity contribution in [3.8, 4) is 0 Å². The van der Waals surface area contributed by atoms with Gasteiger partial charge in [0.2, 0.25) is 0 Å². The fourth-order valence-corrected chi connectivity index (χ4v) is 3.84. The van der Waals surface area contributed by atoms with E-state index >= 15 is 0 Å². The quantitative estimate of drug-likeness (QED) is 0.831. The van der Waals surface area contributed by atoms with E-state index < -0.39 is 10.0 Å². The number of aryl methyl sites for hydroxylation is 2. The monoisotopic (exact) mass is 337 g/mol. The van der Waals surface area contributed by atoms with Gasteiger partial charge in [-0.15, -0.1) is 0 Å². The number of allylic oxidation sites excluding steroid dienone is 4. The van der Waals surface area contributed by atoms with Crippen LogP contribution in [-0.2, 0) is 10.0 Å². The van der Waals surface area contributed by atoms with Gasteiger partial charge < -0.3 is 0 Å². The summed E-state index contributed by atoms with van der Waals surface area (Å²) in [7, 11) is -3.67. The first kappa shape index (κ1) is 16.3. The van der Waals surface area contributed by atoms with Gasteiger partial charge in [0, 0.05) is 6.20 Å². The minimum atomic E-state index is -3.67. The molecule has 0 saturated heterocycles. The van der Waals surface area contributed by atoms with Gasteiger partial charge in [0.05, 0.1) is 10.6 Å². The van der Waals surface area contributed by atoms with Crippen molar-refractivity contribution < 1.29 is 8.42 Å². The van der Waals surface area contributed by atoms with Crippen LogP contribution >= 0.6 is 0 Å². The maximum atomic E-state index is 13.1. The Morgan fingerprint density at radius 3 is 1.96 bits per heavy atom. The second-order valence-corrected chi connectivity index (χ2v) is 7.57. The van der Waals surface area contributed by atoms with Crippen LogP contribution in [0.2, 0.25) is 0 Å². The van der Waals surface area contributed by atoms with Crippen LogP contribution in [0.1, 0.15) is 16.7 Å². The van der Waals surface area contributed by atoms with Gasteiger partial charge in [0.15, 0.2) is 0 Å². The summed E-state index contributed by atoms with van der Waals surface area (Å²) in [5, 5.41) is 0. The van der Waals surface area contributed by atoms with E-state index in [1.807, 2.05) is 68.5 Å². The van der Waals surface area contributed by atoms with Gasteiger partial charge in [0.25, 0.3) is 10.0 Å². The minimum absolute atomic E-state index is 0.276. The number of hydrogen-bond donors (Lipinski definition) is 0. The number of hydrogen-bond acceptors (Lipinski definition) is 2. The molecule has 4 heteroatoms. The molecule has 0 unspecified atom stereocenters. The summed E-state index contributed by atoms with van der Waals surface area (Å²) in [6.45, 7) is 3.94. The van der Waals surface area contributed by atoms with Crippen molar-refractivity contribution in [2.24, 2.45) is 0 Å². The highest BCUT2D eigenvalue weighted by Gasteiger charge is 2.25. The average Bonchev–Trinajstić information content (AvgIpc) is 2.82. The average molecular weight is 337 g/mol. The predicted octanol–water partition coefficient (Wildman–Crippen LogP) is 4.42. The zero-order valence-corrected chi connectivity index (χ0v) is 14.5. The first-order valence-corrected chi connectivity index (χ1v) is 9.16. The van der Waals surface area contributed by atoms with E-state index in [2.05, 4.69) is 0 Å². The highest BCUT2D eigenvalue weighted by molar-refractivity contribution is 7.89. The van der Waals surface area contributed by atoms with E-state index in [0.29, 0.717) is 5.70 Å². The summed E-state index contributed by atoms with van der Waals surface area (Å²) >= 11 is 0. The van der Waals surface area contributed by atoms with Crippen LogP contribution in [0.5, 0.6) is 0 Å². The van der Waals surface area contributed by atoms with Gasteiger partial charge in [0.1, 0.15) is 0 Å². The van der Waals surface area contributed by atoms with E-state index in [1.165, 1.54) is 4.31 Å². The number of benzene rings is 2. The van der Waals surface area contributed by atoms with Crippen LogP contribution < -0.4 is 0 Å². The molecule has 0 bridgehead atoms. The molecule has 2 aromatic rings. The molecule has 0 N–H and O–H groups in total. The van der Waals surface area contributed by atoms with Gasteiger partial charge in [-0.3, -0.25) is 0 Å². The maximum Gasteiger partial charge on any atom is 0.268 e. The third kappa shape index (κ3) is 3.19. The second-order valence-electron chi connectivity index (χ2n) is 5.76. The Balaban J connectivity index is 2.09. The molecule has 0 amide bonds. The molecule has 0 atom stereocenters. The molecule has 0 aromatic heterocycles. The summed E-state index contributed by atoms with van der Waals surface area (Å²) < 4.78 is 27.6. The van der Waals surface area contributed by atoms with Crippen LogP contribution in [0, 0.1) is 13.8 Å². The molecule has 0 saturated carbocycles. The molecule has 1 heterocycles. The lowest BCUT2D eigenvalue weighted by atomic mass is 10.1. The molecule has 0 fully saturated rings. The van der Waals surface area contributed by atoms with Crippen molar-refractivity contribution in [3.05, 3.63) is 95.7 Å². The number of sulfonamides is 1. The summed E-state index contributed by atoms with van der Waals surface area (Å²) in [6, 6.07) is 14.7. The molecule has 0 spiro atoms. The SMILES string of the molecule is Cc1ccc(C2=CC=CC=CN2S(=O)(=O)c2ccc(C)cc2)cc1. The predicted molar refractivity (Wildman–Crippen MR) is 97.6 cm³/mol. The zero-order chi connectivity index (χ0) is 17.2. The van der Waals surface area contributed by atoms with Crippen molar-refractivity contribution in [2.45, 2.75) is 18.7 Å². The minimum Gasteiger partial charge on any atom is -0.241 e. The molecule has 1 aliphatic heterocycles. The van der Waals surface area contributed by atoms with Crippen molar-refractivity contribution in [1.29, 1.82) is 0 Å². The summed E-state index contributed by atoms with van der Waals surface area (Å²) in [6.07, 6.45) is 8.79. The molecule has 3 nitrogen and oxygen atoms in total. The largest absolute Gasteiger partial charge is 0.268 e. The maximum absolute atomic E-state index is 13.1. The normalized spacial score (nSPS) is 14.4. The molecule has 1 aliphatic rings. The van der Waals surface area contributed by atoms with E-state index in [0.717, 1.165) is 16.7 Å². The molecule has 122 valence electrons. The van der Waals surface area contributed by atoms with Crippen molar-refractivity contribution in [1.82, 2.24) is 4.31 Å². The third-order valence-electron chi connectivity index (χ3n) is 3.86. The number of nitrogens with zero attached hydrogens (tertiary/aromatic N) is 1. The molecule has 0 aliphatic carbocycles. The second kappa shape index (κ2) is 6.49. The fourth-order valence-electron chi connectivity index (χ4n) is 2.47. The van der Waals surface area contributed by atoms with Crippen LogP contribution in [-0.4, -0.2) is 12.7 Å². The highest BCUT2D eigenvalue weighted by Crippen LogP contribution is 2.29. The molecular weight excluding hydrogens is 318 g/mol. The Bertz CT molecular complexity index is 919. The van der Waals surface area contributed by atoms with Gasteiger partial charge in [-0.2, -0.15) is 0 Å². The van der Waals surface area contributed by atoms with Crippen molar-refractivity contribution in [2.75, 3.05) is 0 Å². The molecular formula is C20H19NO2S. The highest BCUT2D eigenvalue weighted by atomic mass is 32.2. The smallest absolute Gasteiger partial charge is 0.241 e. The van der Waals surface area contributed by atoms with E-state index in [4.69, 9.17) is 0 Å². The first-order chi connectivity index (χ1) is 11.5. The zero-order valence-electron chi connectivity index (χ0n) is 13.7. The Hall–Kier alpha value is -2.59. The van der Waals surface area contributed by atoms with E-state index in [9.17, 15) is 8.42 Å². The lowest BCUT2D eigenvalue weighted by molar-refractivity contribution is 0.558. The van der Waals surface area contributed by atoms with Crippen LogP contribution in [0.15, 0.2) is 83.9 Å². The molecule has 3 rings (SSSR count). The van der Waals surface area contributed by atoms with E-state index in [-0.39, 0.29) is 4.90 Å². The van der Waals surface area contributed by atoms with Crippen LogP contribution in [0.4, 0.5) is 0 Å².